The van der Waals surface area contributed by atoms with Gasteiger partial charge < -0.3 is 34.4 Å². The summed E-state index contributed by atoms with van der Waals surface area (Å²) >= 11 is 0. The number of aliphatic hydroxyl groups is 4. The number of quaternary nitrogens is 1. The van der Waals surface area contributed by atoms with Crippen LogP contribution in [-0.4, -0.2) is 96.0 Å². The maximum Gasteiger partial charge on any atom is 0.186 e. The van der Waals surface area contributed by atoms with Gasteiger partial charge >= 0.3 is 0 Å². The van der Waals surface area contributed by atoms with Crippen molar-refractivity contribution in [1.82, 2.24) is 0 Å². The highest BCUT2D eigenvalue weighted by Crippen LogP contribution is 2.22. The fourth-order valence-corrected chi connectivity index (χ4v) is 3.76. The molecule has 0 aromatic heterocycles. The largest absolute Gasteiger partial charge is 0.394 e. The van der Waals surface area contributed by atoms with Crippen molar-refractivity contribution < 1.29 is 34.4 Å². The molecule has 1 fully saturated rings. The van der Waals surface area contributed by atoms with Gasteiger partial charge in [0.2, 0.25) is 0 Å². The lowest BCUT2D eigenvalue weighted by molar-refractivity contribution is -0.891. The van der Waals surface area contributed by atoms with E-state index in [2.05, 4.69) is 21.0 Å². The van der Waals surface area contributed by atoms with Crippen molar-refractivity contribution in [3.05, 3.63) is 0 Å². The first-order valence-electron chi connectivity index (χ1n) is 11.6. The van der Waals surface area contributed by atoms with Crippen molar-refractivity contribution in [3.63, 3.8) is 0 Å². The fourth-order valence-electron chi connectivity index (χ4n) is 3.76. The molecule has 5 atom stereocenters. The number of nitrogens with zero attached hydrogens (tertiary/aromatic N) is 1. The summed E-state index contributed by atoms with van der Waals surface area (Å²) in [5.74, 6) is 0. The summed E-state index contributed by atoms with van der Waals surface area (Å²) in [6.07, 6.45) is 7.21. The van der Waals surface area contributed by atoms with Gasteiger partial charge in [0.1, 0.15) is 31.0 Å². The number of unbranched alkanes of at least 4 members (excludes halogenated alkanes) is 9. The maximum atomic E-state index is 10.0. The molecule has 0 bridgehead atoms. The van der Waals surface area contributed by atoms with E-state index in [9.17, 15) is 20.4 Å². The minimum absolute atomic E-state index is 0.369. The molecule has 0 spiro atoms. The molecular weight excluding hydrogens is 374 g/mol. The average molecular weight is 421 g/mol. The zero-order valence-electron chi connectivity index (χ0n) is 18.8. The molecule has 5 unspecified atom stereocenters. The summed E-state index contributed by atoms with van der Waals surface area (Å²) in [5, 5.41) is 38.8. The van der Waals surface area contributed by atoms with Gasteiger partial charge in [-0.1, -0.05) is 58.3 Å². The highest BCUT2D eigenvalue weighted by atomic mass is 16.7. The number of hydrogen-bond donors (Lipinski definition) is 4. The first-order valence-corrected chi connectivity index (χ1v) is 11.6. The molecule has 0 radical (unpaired) electrons. The van der Waals surface area contributed by atoms with Gasteiger partial charge in [0.05, 0.1) is 33.9 Å². The predicted molar refractivity (Wildman–Crippen MR) is 113 cm³/mol. The maximum absolute atomic E-state index is 10.0. The Kier molecular flexibility index (Phi) is 13.5. The van der Waals surface area contributed by atoms with Crippen LogP contribution < -0.4 is 0 Å². The standard InChI is InChI=1S/C22H46NO6/c1-4-5-6-7-8-9-10-11-12-13-14-23(2,3)15-16-28-22-21(27)20(26)19(25)18(17-24)29-22/h18-22,24-27H,4-17H2,1-3H3/q+1. The van der Waals surface area contributed by atoms with E-state index in [1.165, 1.54) is 64.2 Å². The molecule has 1 rings (SSSR count). The van der Waals surface area contributed by atoms with E-state index in [4.69, 9.17) is 9.47 Å². The molecule has 0 aromatic rings. The van der Waals surface area contributed by atoms with Gasteiger partial charge in [-0.15, -0.1) is 0 Å². The molecule has 7 nitrogen and oxygen atoms in total. The molecule has 1 aliphatic rings. The zero-order valence-corrected chi connectivity index (χ0v) is 18.8. The third kappa shape index (κ3) is 10.5. The van der Waals surface area contributed by atoms with Crippen LogP contribution in [0.2, 0.25) is 0 Å². The van der Waals surface area contributed by atoms with Crippen LogP contribution in [0, 0.1) is 0 Å². The third-order valence-electron chi connectivity index (χ3n) is 5.94. The Hall–Kier alpha value is -0.280. The quantitative estimate of drug-likeness (QED) is 0.224. The average Bonchev–Trinajstić information content (AvgIpc) is 2.69. The van der Waals surface area contributed by atoms with Gasteiger partial charge in [0, 0.05) is 0 Å². The van der Waals surface area contributed by atoms with Crippen LogP contribution in [0.1, 0.15) is 71.1 Å². The summed E-state index contributed by atoms with van der Waals surface area (Å²) in [5.41, 5.74) is 0. The lowest BCUT2D eigenvalue weighted by atomic mass is 9.99. The number of aliphatic hydroxyl groups excluding tert-OH is 4. The molecule has 0 aliphatic carbocycles. The molecular formula is C22H46NO6+. The SMILES string of the molecule is CCCCCCCCCCCC[N+](C)(C)CCOC1OC(CO)C(O)C(O)C1O. The van der Waals surface area contributed by atoms with Crippen LogP contribution >= 0.6 is 0 Å². The zero-order chi connectivity index (χ0) is 21.7. The minimum Gasteiger partial charge on any atom is -0.394 e. The molecule has 0 saturated carbocycles. The number of hydrogen-bond acceptors (Lipinski definition) is 6. The Bertz CT molecular complexity index is 407. The van der Waals surface area contributed by atoms with E-state index in [0.29, 0.717) is 6.61 Å². The first kappa shape index (κ1) is 26.8. The van der Waals surface area contributed by atoms with Crippen LogP contribution in [-0.2, 0) is 9.47 Å². The second-order valence-electron chi connectivity index (χ2n) is 9.13. The van der Waals surface area contributed by atoms with Crippen LogP contribution in [0.3, 0.4) is 0 Å². The molecule has 29 heavy (non-hydrogen) atoms. The van der Waals surface area contributed by atoms with E-state index in [1.807, 2.05) is 0 Å². The first-order chi connectivity index (χ1) is 13.8. The smallest absolute Gasteiger partial charge is 0.186 e. The van der Waals surface area contributed by atoms with E-state index in [0.717, 1.165) is 17.6 Å². The molecule has 7 heteroatoms. The van der Waals surface area contributed by atoms with Crippen molar-refractivity contribution >= 4 is 0 Å². The van der Waals surface area contributed by atoms with Crippen molar-refractivity contribution in [2.45, 2.75) is 102 Å². The number of rotatable bonds is 16. The van der Waals surface area contributed by atoms with Gasteiger partial charge in [0.15, 0.2) is 6.29 Å². The van der Waals surface area contributed by atoms with Crippen molar-refractivity contribution in [1.29, 1.82) is 0 Å². The van der Waals surface area contributed by atoms with Gasteiger partial charge in [-0.25, -0.2) is 0 Å². The third-order valence-corrected chi connectivity index (χ3v) is 5.94. The van der Waals surface area contributed by atoms with Crippen molar-refractivity contribution in [3.8, 4) is 0 Å². The normalized spacial score (nSPS) is 28.0. The summed E-state index contributed by atoms with van der Waals surface area (Å²) in [7, 11) is 4.31. The fraction of sp³-hybridized carbons (Fsp3) is 1.00. The topological polar surface area (TPSA) is 99.4 Å². The Morgan fingerprint density at radius 3 is 1.86 bits per heavy atom. The monoisotopic (exact) mass is 420 g/mol. The highest BCUT2D eigenvalue weighted by molar-refractivity contribution is 4.88. The van der Waals surface area contributed by atoms with Gasteiger partial charge in [-0.3, -0.25) is 0 Å². The predicted octanol–water partition coefficient (Wildman–Crippen LogP) is 1.80. The molecule has 0 amide bonds. The van der Waals surface area contributed by atoms with Crippen molar-refractivity contribution in [2.75, 3.05) is 40.4 Å². The summed E-state index contributed by atoms with van der Waals surface area (Å²) < 4.78 is 11.8. The van der Waals surface area contributed by atoms with Crippen molar-refractivity contribution in [2.24, 2.45) is 0 Å². The summed E-state index contributed by atoms with van der Waals surface area (Å²) in [4.78, 5) is 0. The minimum atomic E-state index is -1.39. The van der Waals surface area contributed by atoms with Gasteiger partial charge in [-0.2, -0.15) is 0 Å². The Labute approximate surface area is 177 Å². The van der Waals surface area contributed by atoms with Crippen LogP contribution in [0.25, 0.3) is 0 Å². The van der Waals surface area contributed by atoms with Crippen LogP contribution in [0.5, 0.6) is 0 Å². The molecule has 1 aliphatic heterocycles. The lowest BCUT2D eigenvalue weighted by Crippen LogP contribution is -2.59. The number of ether oxygens (including phenoxy) is 2. The molecule has 4 N–H and O–H groups in total. The number of likely N-dealkylation sites (N-methyl/N-ethyl adjacent to an activating group) is 1. The molecule has 0 aromatic carbocycles. The molecule has 1 saturated heterocycles. The van der Waals surface area contributed by atoms with Crippen LogP contribution in [0.4, 0.5) is 0 Å². The van der Waals surface area contributed by atoms with Gasteiger partial charge in [0.25, 0.3) is 0 Å². The van der Waals surface area contributed by atoms with E-state index < -0.39 is 37.3 Å². The Balaban J connectivity index is 2.12. The Morgan fingerprint density at radius 2 is 1.31 bits per heavy atom. The molecule has 174 valence electrons. The van der Waals surface area contributed by atoms with Crippen LogP contribution in [0.15, 0.2) is 0 Å². The highest BCUT2D eigenvalue weighted by Gasteiger charge is 2.44. The second-order valence-corrected chi connectivity index (χ2v) is 9.13. The molecule has 1 heterocycles. The summed E-state index contributed by atoms with van der Waals surface area (Å²) in [6, 6.07) is 0. The summed E-state index contributed by atoms with van der Waals surface area (Å²) in [6.45, 7) is 4.00. The Morgan fingerprint density at radius 1 is 0.759 bits per heavy atom. The lowest BCUT2D eigenvalue weighted by Gasteiger charge is -2.40. The second kappa shape index (κ2) is 14.7. The van der Waals surface area contributed by atoms with E-state index in [-0.39, 0.29) is 0 Å². The van der Waals surface area contributed by atoms with E-state index in [1.54, 1.807) is 0 Å². The van der Waals surface area contributed by atoms with E-state index >= 15 is 0 Å². The van der Waals surface area contributed by atoms with Gasteiger partial charge in [-0.05, 0) is 12.8 Å².